The molecule has 1 aromatic rings. The molecule has 0 bridgehead atoms. The number of carboxylic acids is 1. The Kier molecular flexibility index (Phi) is 4.62. The number of anilines is 1. The number of hydrogen-bond donors (Lipinski definition) is 1. The number of aliphatic carboxylic acids is 1. The third-order valence-corrected chi connectivity index (χ3v) is 4.96. The van der Waals surface area contributed by atoms with E-state index in [1.54, 1.807) is 6.07 Å². The first-order chi connectivity index (χ1) is 9.85. The average molecular weight is 313 g/mol. The molecule has 0 atom stereocenters. The van der Waals surface area contributed by atoms with Crippen LogP contribution in [-0.2, 0) is 14.6 Å². The molecule has 1 fully saturated rings. The molecule has 2 rings (SSSR count). The molecule has 1 N–H and O–H groups in total. The second-order valence-corrected chi connectivity index (χ2v) is 7.21. The second-order valence-electron chi connectivity index (χ2n) is 4.91. The van der Waals surface area contributed by atoms with E-state index >= 15 is 0 Å². The Hall–Kier alpha value is -1.89. The highest BCUT2D eigenvalue weighted by Gasteiger charge is 2.19. The predicted octanol–water partition coefficient (Wildman–Crippen LogP) is 1.55. The lowest BCUT2D eigenvalue weighted by Gasteiger charge is -2.22. The van der Waals surface area contributed by atoms with E-state index < -0.39 is 21.6 Å². The lowest BCUT2D eigenvalue weighted by molar-refractivity contribution is -0.131. The minimum atomic E-state index is -3.03. The van der Waals surface area contributed by atoms with Gasteiger partial charge in [0, 0.05) is 24.9 Å². The SMILES string of the molecule is O=C(O)/C=C/c1cc(F)cc(N2CCCS(=O)(=O)CC2)c1. The van der Waals surface area contributed by atoms with Crippen LogP contribution in [0.4, 0.5) is 10.1 Å². The summed E-state index contributed by atoms with van der Waals surface area (Å²) >= 11 is 0. The highest BCUT2D eigenvalue weighted by Crippen LogP contribution is 2.21. The third-order valence-electron chi connectivity index (χ3n) is 3.24. The Morgan fingerprint density at radius 3 is 2.71 bits per heavy atom. The van der Waals surface area contributed by atoms with Crippen LogP contribution in [0.15, 0.2) is 24.3 Å². The van der Waals surface area contributed by atoms with Gasteiger partial charge in [0.2, 0.25) is 0 Å². The molecule has 0 aliphatic carbocycles. The van der Waals surface area contributed by atoms with Gasteiger partial charge in [-0.25, -0.2) is 17.6 Å². The van der Waals surface area contributed by atoms with Crippen molar-refractivity contribution < 1.29 is 22.7 Å². The minimum absolute atomic E-state index is 0.0454. The molecule has 0 amide bonds. The molecule has 0 aromatic heterocycles. The predicted molar refractivity (Wildman–Crippen MR) is 78.6 cm³/mol. The number of sulfone groups is 1. The lowest BCUT2D eigenvalue weighted by atomic mass is 10.1. The van der Waals surface area contributed by atoms with Crippen LogP contribution in [0.5, 0.6) is 0 Å². The van der Waals surface area contributed by atoms with Crippen molar-refractivity contribution in [3.63, 3.8) is 0 Å². The summed E-state index contributed by atoms with van der Waals surface area (Å²) in [5, 5.41) is 8.60. The number of benzene rings is 1. The number of halogens is 1. The van der Waals surface area contributed by atoms with E-state index in [1.807, 2.05) is 4.90 Å². The van der Waals surface area contributed by atoms with Crippen LogP contribution in [0.1, 0.15) is 12.0 Å². The Morgan fingerprint density at radius 2 is 2.00 bits per heavy atom. The normalized spacial score (nSPS) is 18.6. The molecule has 1 aliphatic rings. The highest BCUT2D eigenvalue weighted by molar-refractivity contribution is 7.91. The van der Waals surface area contributed by atoms with E-state index in [0.29, 0.717) is 30.8 Å². The maximum Gasteiger partial charge on any atom is 0.328 e. The topological polar surface area (TPSA) is 74.7 Å². The molecule has 7 heteroatoms. The molecule has 114 valence electrons. The average Bonchev–Trinajstić information content (AvgIpc) is 2.57. The minimum Gasteiger partial charge on any atom is -0.478 e. The van der Waals surface area contributed by atoms with Crippen LogP contribution < -0.4 is 4.90 Å². The van der Waals surface area contributed by atoms with E-state index in [0.717, 1.165) is 6.08 Å². The molecular weight excluding hydrogens is 297 g/mol. The number of hydrogen-bond acceptors (Lipinski definition) is 4. The Bertz CT molecular complexity index is 670. The lowest BCUT2D eigenvalue weighted by Crippen LogP contribution is -2.26. The molecule has 21 heavy (non-hydrogen) atoms. The van der Waals surface area contributed by atoms with Gasteiger partial charge in [0.15, 0.2) is 9.84 Å². The highest BCUT2D eigenvalue weighted by atomic mass is 32.2. The zero-order chi connectivity index (χ0) is 15.5. The van der Waals surface area contributed by atoms with Gasteiger partial charge in [0.05, 0.1) is 11.5 Å². The van der Waals surface area contributed by atoms with Crippen LogP contribution in [0.2, 0.25) is 0 Å². The van der Waals surface area contributed by atoms with Gasteiger partial charge < -0.3 is 10.0 Å². The third kappa shape index (κ3) is 4.56. The van der Waals surface area contributed by atoms with E-state index in [2.05, 4.69) is 0 Å². The summed E-state index contributed by atoms with van der Waals surface area (Å²) in [6.45, 7) is 0.846. The molecule has 0 saturated carbocycles. The van der Waals surface area contributed by atoms with Gasteiger partial charge in [-0.2, -0.15) is 0 Å². The number of carbonyl (C=O) groups is 1. The van der Waals surface area contributed by atoms with E-state index in [-0.39, 0.29) is 11.5 Å². The Balaban J connectivity index is 2.25. The maximum absolute atomic E-state index is 13.6. The van der Waals surface area contributed by atoms with Gasteiger partial charge in [-0.1, -0.05) is 0 Å². The van der Waals surface area contributed by atoms with E-state index in [4.69, 9.17) is 5.11 Å². The molecule has 5 nitrogen and oxygen atoms in total. The van der Waals surface area contributed by atoms with Crippen molar-refractivity contribution in [3.8, 4) is 0 Å². The van der Waals surface area contributed by atoms with Crippen LogP contribution in [0, 0.1) is 5.82 Å². The van der Waals surface area contributed by atoms with Crippen molar-refractivity contribution in [2.45, 2.75) is 6.42 Å². The first-order valence-corrected chi connectivity index (χ1v) is 8.35. The summed E-state index contributed by atoms with van der Waals surface area (Å²) < 4.78 is 36.8. The quantitative estimate of drug-likeness (QED) is 0.857. The molecule has 1 aliphatic heterocycles. The van der Waals surface area contributed by atoms with Crippen molar-refractivity contribution in [1.29, 1.82) is 0 Å². The maximum atomic E-state index is 13.6. The van der Waals surface area contributed by atoms with Gasteiger partial charge in [0.1, 0.15) is 5.82 Å². The van der Waals surface area contributed by atoms with Gasteiger partial charge in [-0.15, -0.1) is 0 Å². The molecule has 1 heterocycles. The van der Waals surface area contributed by atoms with Crippen LogP contribution in [0.3, 0.4) is 0 Å². The first kappa shape index (κ1) is 15.5. The summed E-state index contributed by atoms with van der Waals surface area (Å²) in [6.07, 6.45) is 2.74. The molecule has 0 radical (unpaired) electrons. The van der Waals surface area contributed by atoms with Crippen molar-refractivity contribution in [3.05, 3.63) is 35.7 Å². The molecule has 1 aromatic carbocycles. The van der Waals surface area contributed by atoms with Crippen LogP contribution in [-0.4, -0.2) is 44.1 Å². The fourth-order valence-electron chi connectivity index (χ4n) is 2.24. The number of carboxylic acid groups (broad SMARTS) is 1. The summed E-state index contributed by atoms with van der Waals surface area (Å²) in [4.78, 5) is 12.3. The summed E-state index contributed by atoms with van der Waals surface area (Å²) in [5.41, 5.74) is 0.997. The number of nitrogens with zero attached hydrogens (tertiary/aromatic N) is 1. The van der Waals surface area contributed by atoms with E-state index in [1.165, 1.54) is 18.2 Å². The second kappa shape index (κ2) is 6.26. The molecule has 0 unspecified atom stereocenters. The van der Waals surface area contributed by atoms with Gasteiger partial charge in [-0.05, 0) is 36.3 Å². The Morgan fingerprint density at radius 1 is 1.24 bits per heavy atom. The van der Waals surface area contributed by atoms with Crippen molar-refractivity contribution in [1.82, 2.24) is 0 Å². The van der Waals surface area contributed by atoms with Gasteiger partial charge in [0.25, 0.3) is 0 Å². The van der Waals surface area contributed by atoms with Crippen molar-refractivity contribution >= 4 is 27.6 Å². The molecule has 1 saturated heterocycles. The molecule has 0 spiro atoms. The summed E-state index contributed by atoms with van der Waals surface area (Å²) in [6, 6.07) is 4.22. The van der Waals surface area contributed by atoms with Gasteiger partial charge in [-0.3, -0.25) is 0 Å². The fraction of sp³-hybridized carbons (Fsp3) is 0.357. The standard InChI is InChI=1S/C14H16FNO4S/c15-12-8-11(2-3-14(17)18)9-13(10-12)16-4-1-6-21(19,20)7-5-16/h2-3,8-10H,1,4-7H2,(H,17,18)/b3-2+. The van der Waals surface area contributed by atoms with Crippen molar-refractivity contribution in [2.75, 3.05) is 29.5 Å². The monoisotopic (exact) mass is 313 g/mol. The van der Waals surface area contributed by atoms with Gasteiger partial charge >= 0.3 is 5.97 Å². The summed E-state index contributed by atoms with van der Waals surface area (Å²) in [7, 11) is -3.03. The smallest absolute Gasteiger partial charge is 0.328 e. The van der Waals surface area contributed by atoms with Crippen molar-refractivity contribution in [2.24, 2.45) is 0 Å². The summed E-state index contributed by atoms with van der Waals surface area (Å²) in [5.74, 6) is -1.40. The van der Waals surface area contributed by atoms with Crippen LogP contribution >= 0.6 is 0 Å². The molecular formula is C14H16FNO4S. The zero-order valence-corrected chi connectivity index (χ0v) is 12.1. The fourth-order valence-corrected chi connectivity index (χ4v) is 3.51. The number of rotatable bonds is 3. The Labute approximate surface area is 122 Å². The van der Waals surface area contributed by atoms with Crippen LogP contribution in [0.25, 0.3) is 6.08 Å². The first-order valence-electron chi connectivity index (χ1n) is 6.53. The zero-order valence-electron chi connectivity index (χ0n) is 11.3. The largest absolute Gasteiger partial charge is 0.478 e. The van der Waals surface area contributed by atoms with E-state index in [9.17, 15) is 17.6 Å².